The van der Waals surface area contributed by atoms with Crippen molar-refractivity contribution in [2.45, 2.75) is 71.6 Å². The molecule has 0 aliphatic heterocycles. The van der Waals surface area contributed by atoms with Gasteiger partial charge in [-0.1, -0.05) is 6.92 Å². The molecule has 5 heteroatoms. The van der Waals surface area contributed by atoms with Crippen LogP contribution in [-0.4, -0.2) is 33.7 Å². The number of hydrogen-bond acceptors (Lipinski definition) is 4. The molecule has 25 heavy (non-hydrogen) atoms. The average molecular weight is 344 g/mol. The normalized spacial score (nSPS) is 23.6. The van der Waals surface area contributed by atoms with Crippen LogP contribution in [0.2, 0.25) is 0 Å². The third-order valence-corrected chi connectivity index (χ3v) is 5.06. The quantitative estimate of drug-likeness (QED) is 0.794. The van der Waals surface area contributed by atoms with Gasteiger partial charge in [-0.05, 0) is 51.2 Å². The fourth-order valence-electron chi connectivity index (χ4n) is 3.52. The van der Waals surface area contributed by atoms with Gasteiger partial charge in [0.25, 0.3) is 0 Å². The molecule has 1 aromatic rings. The van der Waals surface area contributed by atoms with E-state index in [1.165, 1.54) is 0 Å². The van der Waals surface area contributed by atoms with Crippen molar-refractivity contribution in [3.8, 4) is 5.88 Å². The third kappa shape index (κ3) is 4.59. The molecule has 0 spiro atoms. The van der Waals surface area contributed by atoms with E-state index in [4.69, 9.17) is 4.74 Å². The topological polar surface area (TPSA) is 59.5 Å². The zero-order chi connectivity index (χ0) is 18.0. The lowest BCUT2D eigenvalue weighted by Crippen LogP contribution is -2.40. The summed E-state index contributed by atoms with van der Waals surface area (Å²) in [6.07, 6.45) is 5.90. The molecule has 2 aliphatic carbocycles. The zero-order valence-corrected chi connectivity index (χ0v) is 15.4. The standard InChI is InChI=1S/C20H28N2O3/c1-13(2)25-19-11-15(8-9-21-19)12-22(17-5-6-17)20(24)16-4-7-18(23)14(3)10-16/h8-9,11,13-14,16-17H,4-7,10,12H2,1-3H3. The lowest BCUT2D eigenvalue weighted by molar-refractivity contribution is -0.140. The third-order valence-electron chi connectivity index (χ3n) is 5.06. The Bertz CT molecular complexity index is 640. The Morgan fingerprint density at radius 2 is 2.12 bits per heavy atom. The van der Waals surface area contributed by atoms with Crippen LogP contribution in [0.5, 0.6) is 5.88 Å². The van der Waals surface area contributed by atoms with Crippen LogP contribution in [0, 0.1) is 11.8 Å². The second-order valence-corrected chi connectivity index (χ2v) is 7.70. The van der Waals surface area contributed by atoms with Crippen LogP contribution in [-0.2, 0) is 16.1 Å². The molecule has 2 unspecified atom stereocenters. The molecule has 2 aliphatic rings. The number of carbonyl (C=O) groups is 2. The van der Waals surface area contributed by atoms with Crippen LogP contribution >= 0.6 is 0 Å². The Hall–Kier alpha value is -1.91. The largest absolute Gasteiger partial charge is 0.475 e. The molecule has 1 aromatic heterocycles. The molecule has 1 amide bonds. The van der Waals surface area contributed by atoms with E-state index in [0.717, 1.165) is 18.4 Å². The molecule has 0 radical (unpaired) electrons. The number of rotatable bonds is 6. The summed E-state index contributed by atoms with van der Waals surface area (Å²) in [7, 11) is 0. The van der Waals surface area contributed by atoms with Gasteiger partial charge in [0, 0.05) is 43.1 Å². The minimum Gasteiger partial charge on any atom is -0.475 e. The number of amides is 1. The number of ketones is 1. The van der Waals surface area contributed by atoms with Crippen molar-refractivity contribution in [1.29, 1.82) is 0 Å². The summed E-state index contributed by atoms with van der Waals surface area (Å²) in [5.74, 6) is 1.11. The first-order chi connectivity index (χ1) is 11.9. The Labute approximate surface area is 149 Å². The van der Waals surface area contributed by atoms with Gasteiger partial charge in [0.1, 0.15) is 5.78 Å². The highest BCUT2D eigenvalue weighted by molar-refractivity contribution is 5.86. The van der Waals surface area contributed by atoms with Crippen LogP contribution in [0.25, 0.3) is 0 Å². The van der Waals surface area contributed by atoms with Gasteiger partial charge in [0.2, 0.25) is 11.8 Å². The minimum atomic E-state index is -0.0125. The summed E-state index contributed by atoms with van der Waals surface area (Å²) >= 11 is 0. The number of carbonyl (C=O) groups excluding carboxylic acids is 2. The van der Waals surface area contributed by atoms with Gasteiger partial charge < -0.3 is 9.64 Å². The molecule has 2 fully saturated rings. The first-order valence-electron chi connectivity index (χ1n) is 9.39. The second kappa shape index (κ2) is 7.54. The monoisotopic (exact) mass is 344 g/mol. The smallest absolute Gasteiger partial charge is 0.226 e. The van der Waals surface area contributed by atoms with E-state index < -0.39 is 0 Å². The number of nitrogens with zero attached hydrogens (tertiary/aromatic N) is 2. The maximum absolute atomic E-state index is 13.1. The molecule has 0 saturated heterocycles. The van der Waals surface area contributed by atoms with Crippen molar-refractivity contribution in [1.82, 2.24) is 9.88 Å². The van der Waals surface area contributed by atoms with Crippen molar-refractivity contribution >= 4 is 11.7 Å². The first kappa shape index (κ1) is 17.9. The predicted octanol–water partition coefficient (Wildman–Crippen LogP) is 3.37. The SMILES string of the molecule is CC(C)Oc1cc(CN(C(=O)C2CCC(=O)C(C)C2)C2CC2)ccn1. The number of hydrogen-bond donors (Lipinski definition) is 0. The molecule has 2 saturated carbocycles. The van der Waals surface area contributed by atoms with Crippen LogP contribution in [0.4, 0.5) is 0 Å². The highest BCUT2D eigenvalue weighted by Gasteiger charge is 2.38. The van der Waals surface area contributed by atoms with Gasteiger partial charge in [-0.2, -0.15) is 0 Å². The zero-order valence-electron chi connectivity index (χ0n) is 15.4. The van der Waals surface area contributed by atoms with Crippen molar-refractivity contribution in [3.05, 3.63) is 23.9 Å². The lowest BCUT2D eigenvalue weighted by Gasteiger charge is -2.31. The summed E-state index contributed by atoms with van der Waals surface area (Å²) in [4.78, 5) is 31.1. The number of pyridine rings is 1. The van der Waals surface area contributed by atoms with Crippen LogP contribution in [0.15, 0.2) is 18.3 Å². The molecule has 0 N–H and O–H groups in total. The molecule has 1 heterocycles. The summed E-state index contributed by atoms with van der Waals surface area (Å²) in [6, 6.07) is 4.22. The number of ether oxygens (including phenoxy) is 1. The van der Waals surface area contributed by atoms with Gasteiger partial charge in [-0.25, -0.2) is 4.98 Å². The molecule has 136 valence electrons. The molecule has 5 nitrogen and oxygen atoms in total. The Morgan fingerprint density at radius 1 is 1.36 bits per heavy atom. The van der Waals surface area contributed by atoms with Crippen LogP contribution in [0.3, 0.4) is 0 Å². The molecule has 0 aromatic carbocycles. The van der Waals surface area contributed by atoms with Gasteiger partial charge in [-0.15, -0.1) is 0 Å². The van der Waals surface area contributed by atoms with Gasteiger partial charge >= 0.3 is 0 Å². The summed E-state index contributed by atoms with van der Waals surface area (Å²) < 4.78 is 5.66. The number of aromatic nitrogens is 1. The van der Waals surface area contributed by atoms with Crippen LogP contribution < -0.4 is 4.74 Å². The lowest BCUT2D eigenvalue weighted by atomic mass is 9.80. The molecular formula is C20H28N2O3. The van der Waals surface area contributed by atoms with E-state index in [2.05, 4.69) is 4.98 Å². The second-order valence-electron chi connectivity index (χ2n) is 7.70. The highest BCUT2D eigenvalue weighted by atomic mass is 16.5. The highest BCUT2D eigenvalue weighted by Crippen LogP contribution is 2.34. The molecule has 2 atom stereocenters. The van der Waals surface area contributed by atoms with Crippen molar-refractivity contribution in [2.75, 3.05) is 0 Å². The van der Waals surface area contributed by atoms with E-state index >= 15 is 0 Å². The van der Waals surface area contributed by atoms with E-state index in [0.29, 0.717) is 43.5 Å². The first-order valence-corrected chi connectivity index (χ1v) is 9.39. The fraction of sp³-hybridized carbons (Fsp3) is 0.650. The van der Waals surface area contributed by atoms with Crippen molar-refractivity contribution in [3.63, 3.8) is 0 Å². The predicted molar refractivity (Wildman–Crippen MR) is 95.1 cm³/mol. The average Bonchev–Trinajstić information content (AvgIpc) is 3.39. The number of Topliss-reactive ketones (excluding diaryl/α,β-unsaturated/α-hetero) is 1. The van der Waals surface area contributed by atoms with Crippen LogP contribution in [0.1, 0.15) is 58.4 Å². The molecule has 0 bridgehead atoms. The molecule has 3 rings (SSSR count). The van der Waals surface area contributed by atoms with E-state index in [-0.39, 0.29) is 23.8 Å². The Kier molecular flexibility index (Phi) is 5.40. The summed E-state index contributed by atoms with van der Waals surface area (Å²) in [5.41, 5.74) is 1.05. The summed E-state index contributed by atoms with van der Waals surface area (Å²) in [6.45, 7) is 6.49. The Morgan fingerprint density at radius 3 is 2.76 bits per heavy atom. The van der Waals surface area contributed by atoms with Gasteiger partial charge in [-0.3, -0.25) is 9.59 Å². The van der Waals surface area contributed by atoms with E-state index in [1.54, 1.807) is 6.20 Å². The maximum Gasteiger partial charge on any atom is 0.226 e. The van der Waals surface area contributed by atoms with Crippen molar-refractivity contribution in [2.24, 2.45) is 11.8 Å². The summed E-state index contributed by atoms with van der Waals surface area (Å²) in [5, 5.41) is 0. The minimum absolute atomic E-state index is 0.00993. The van der Waals surface area contributed by atoms with Gasteiger partial charge in [0.05, 0.1) is 6.10 Å². The maximum atomic E-state index is 13.1. The van der Waals surface area contributed by atoms with E-state index in [9.17, 15) is 9.59 Å². The fourth-order valence-corrected chi connectivity index (χ4v) is 3.52. The van der Waals surface area contributed by atoms with Gasteiger partial charge in [0.15, 0.2) is 0 Å². The Balaban J connectivity index is 1.69. The van der Waals surface area contributed by atoms with Crippen molar-refractivity contribution < 1.29 is 14.3 Å². The van der Waals surface area contributed by atoms with E-state index in [1.807, 2.05) is 37.8 Å². The molecular weight excluding hydrogens is 316 g/mol.